The van der Waals surface area contributed by atoms with Crippen LogP contribution in [0, 0.1) is 12.8 Å². The van der Waals surface area contributed by atoms with E-state index in [2.05, 4.69) is 40.7 Å². The van der Waals surface area contributed by atoms with Crippen molar-refractivity contribution in [3.05, 3.63) is 29.3 Å². The number of rotatable bonds is 9. The number of hydrogen-bond donors (Lipinski definition) is 1. The first-order valence-electron chi connectivity index (χ1n) is 11.0. The lowest BCUT2D eigenvalue weighted by Crippen LogP contribution is -2.62. The summed E-state index contributed by atoms with van der Waals surface area (Å²) in [6.45, 7) is 11.4. The van der Waals surface area contributed by atoms with Gasteiger partial charge in [0.2, 0.25) is 0 Å². The normalized spacial score (nSPS) is 17.2. The molecule has 0 aromatic heterocycles. The number of phenols is 1. The first kappa shape index (κ1) is 22.7. The molecule has 0 bridgehead atoms. The Kier molecular flexibility index (Phi) is 7.94. The van der Waals surface area contributed by atoms with Crippen LogP contribution in [0.2, 0.25) is 0 Å². The monoisotopic (exact) mass is 389 g/mol. The molecule has 4 heteroatoms. The molecular weight excluding hydrogens is 350 g/mol. The summed E-state index contributed by atoms with van der Waals surface area (Å²) in [5.41, 5.74) is 2.21. The van der Waals surface area contributed by atoms with Crippen LogP contribution in [0.5, 0.6) is 5.75 Å². The number of quaternary nitrogens is 1. The number of benzene rings is 1. The van der Waals surface area contributed by atoms with E-state index >= 15 is 0 Å². The molecule has 0 saturated heterocycles. The van der Waals surface area contributed by atoms with Crippen molar-refractivity contribution in [1.82, 2.24) is 0 Å². The zero-order valence-corrected chi connectivity index (χ0v) is 18.4. The van der Waals surface area contributed by atoms with E-state index in [0.717, 1.165) is 24.1 Å². The molecule has 1 unspecified atom stereocenters. The number of aryl methyl sites for hydroxylation is 1. The van der Waals surface area contributed by atoms with Crippen molar-refractivity contribution in [2.45, 2.75) is 91.1 Å². The van der Waals surface area contributed by atoms with Gasteiger partial charge < -0.3 is 19.5 Å². The molecule has 1 N–H and O–H groups in total. The van der Waals surface area contributed by atoms with Crippen LogP contribution in [0.15, 0.2) is 18.2 Å². The summed E-state index contributed by atoms with van der Waals surface area (Å²) in [6, 6.07) is 6.31. The third kappa shape index (κ3) is 5.28. The predicted octanol–water partition coefficient (Wildman–Crippen LogP) is 4.14. The molecule has 1 aliphatic carbocycles. The van der Waals surface area contributed by atoms with Crippen molar-refractivity contribution in [3.63, 3.8) is 0 Å². The standard InChI is InChI=1S/C24H39NO3/c1-17(2)25(18(3)4,16-24(27)28)14-13-21(20-9-7-6-8-10-20)22-15-19(5)11-12-23(22)26/h11-12,15,17-18,20-21H,6-10,13-14,16H2,1-5H3,(H-,26,27,28). The molecule has 0 amide bonds. The zero-order chi connectivity index (χ0) is 20.9. The van der Waals surface area contributed by atoms with E-state index < -0.39 is 5.97 Å². The minimum Gasteiger partial charge on any atom is -0.544 e. The third-order valence-electron chi connectivity index (χ3n) is 7.14. The topological polar surface area (TPSA) is 60.4 Å². The van der Waals surface area contributed by atoms with Crippen LogP contribution in [0.25, 0.3) is 0 Å². The fourth-order valence-electron chi connectivity index (χ4n) is 5.33. The Bertz CT molecular complexity index is 639. The second-order valence-electron chi connectivity index (χ2n) is 9.40. The molecule has 1 saturated carbocycles. The number of nitrogens with zero attached hydrogens (tertiary/aromatic N) is 1. The van der Waals surface area contributed by atoms with Crippen LogP contribution < -0.4 is 5.11 Å². The van der Waals surface area contributed by atoms with Crippen LogP contribution in [-0.2, 0) is 4.79 Å². The molecule has 0 spiro atoms. The number of hydrogen-bond acceptors (Lipinski definition) is 3. The number of aromatic hydroxyl groups is 1. The highest BCUT2D eigenvalue weighted by Crippen LogP contribution is 2.42. The molecule has 0 radical (unpaired) electrons. The second-order valence-corrected chi connectivity index (χ2v) is 9.40. The summed E-state index contributed by atoms with van der Waals surface area (Å²) in [6.07, 6.45) is 7.09. The quantitative estimate of drug-likeness (QED) is 0.646. The summed E-state index contributed by atoms with van der Waals surface area (Å²) < 4.78 is 0.526. The van der Waals surface area contributed by atoms with Gasteiger partial charge in [0.25, 0.3) is 0 Å². The summed E-state index contributed by atoms with van der Waals surface area (Å²) in [7, 11) is 0. The van der Waals surface area contributed by atoms with E-state index in [-0.39, 0.29) is 24.5 Å². The number of carboxylic acids is 1. The lowest BCUT2D eigenvalue weighted by atomic mass is 9.74. The van der Waals surface area contributed by atoms with Crippen LogP contribution in [-0.4, -0.2) is 40.7 Å². The molecule has 0 heterocycles. The van der Waals surface area contributed by atoms with Crippen LogP contribution >= 0.6 is 0 Å². The summed E-state index contributed by atoms with van der Waals surface area (Å²) >= 11 is 0. The van der Waals surface area contributed by atoms with Gasteiger partial charge >= 0.3 is 0 Å². The van der Waals surface area contributed by atoms with Gasteiger partial charge in [-0.1, -0.05) is 37.0 Å². The fraction of sp³-hybridized carbons (Fsp3) is 0.708. The summed E-state index contributed by atoms with van der Waals surface area (Å²) in [5, 5.41) is 22.2. The second kappa shape index (κ2) is 9.78. The van der Waals surface area contributed by atoms with Crippen molar-refractivity contribution in [2.24, 2.45) is 5.92 Å². The van der Waals surface area contributed by atoms with Gasteiger partial charge in [-0.15, -0.1) is 0 Å². The molecule has 28 heavy (non-hydrogen) atoms. The van der Waals surface area contributed by atoms with Gasteiger partial charge in [-0.2, -0.15) is 0 Å². The number of carbonyl (C=O) groups is 1. The first-order valence-corrected chi connectivity index (χ1v) is 11.0. The van der Waals surface area contributed by atoms with E-state index in [1.54, 1.807) is 0 Å². The number of carbonyl (C=O) groups excluding carboxylic acids is 1. The third-order valence-corrected chi connectivity index (χ3v) is 7.14. The van der Waals surface area contributed by atoms with Gasteiger partial charge in [0, 0.05) is 6.42 Å². The van der Waals surface area contributed by atoms with Gasteiger partial charge in [0.05, 0.1) is 24.6 Å². The maximum absolute atomic E-state index is 11.6. The Morgan fingerprint density at radius 2 is 1.75 bits per heavy atom. The smallest absolute Gasteiger partial charge is 0.119 e. The Balaban J connectivity index is 2.35. The zero-order valence-electron chi connectivity index (χ0n) is 18.4. The molecule has 1 fully saturated rings. The first-order chi connectivity index (χ1) is 13.2. The van der Waals surface area contributed by atoms with Gasteiger partial charge in [0.15, 0.2) is 0 Å². The van der Waals surface area contributed by atoms with Crippen molar-refractivity contribution in [2.75, 3.05) is 13.1 Å². The van der Waals surface area contributed by atoms with Gasteiger partial charge in [-0.05, 0) is 70.9 Å². The molecule has 1 atom stereocenters. The van der Waals surface area contributed by atoms with E-state index in [9.17, 15) is 15.0 Å². The average molecular weight is 390 g/mol. The highest BCUT2D eigenvalue weighted by atomic mass is 16.4. The summed E-state index contributed by atoms with van der Waals surface area (Å²) in [5.74, 6) is 0.242. The van der Waals surface area contributed by atoms with Crippen LogP contribution in [0.3, 0.4) is 0 Å². The van der Waals surface area contributed by atoms with Gasteiger partial charge in [-0.3, -0.25) is 0 Å². The molecule has 1 aromatic rings. The Labute approximate surface area is 171 Å². The van der Waals surface area contributed by atoms with E-state index in [1.807, 2.05) is 12.1 Å². The summed E-state index contributed by atoms with van der Waals surface area (Å²) in [4.78, 5) is 11.6. The molecule has 0 aliphatic heterocycles. The molecule has 4 nitrogen and oxygen atoms in total. The van der Waals surface area contributed by atoms with Crippen molar-refractivity contribution in [1.29, 1.82) is 0 Å². The van der Waals surface area contributed by atoms with E-state index in [4.69, 9.17) is 0 Å². The predicted molar refractivity (Wildman–Crippen MR) is 112 cm³/mol. The average Bonchev–Trinajstić information content (AvgIpc) is 2.63. The lowest BCUT2D eigenvalue weighted by molar-refractivity contribution is -0.962. The van der Waals surface area contributed by atoms with Crippen LogP contribution in [0.4, 0.5) is 0 Å². The molecule has 1 aromatic carbocycles. The lowest BCUT2D eigenvalue weighted by Gasteiger charge is -2.47. The molecule has 158 valence electrons. The molecular formula is C24H39NO3. The van der Waals surface area contributed by atoms with Crippen LogP contribution in [0.1, 0.15) is 83.3 Å². The highest BCUT2D eigenvalue weighted by Gasteiger charge is 2.37. The van der Waals surface area contributed by atoms with Crippen molar-refractivity contribution < 1.29 is 19.5 Å². The molecule has 1 aliphatic rings. The largest absolute Gasteiger partial charge is 0.544 e. The minimum absolute atomic E-state index is 0.0481. The maximum atomic E-state index is 11.6. The number of aliphatic carboxylic acids is 1. The highest BCUT2D eigenvalue weighted by molar-refractivity contribution is 5.65. The molecule has 2 rings (SSSR count). The number of carboxylic acid groups (broad SMARTS) is 1. The van der Waals surface area contributed by atoms with Gasteiger partial charge in [0.1, 0.15) is 12.3 Å². The number of phenolic OH excluding ortho intramolecular Hbond substituents is 1. The minimum atomic E-state index is -0.977. The van der Waals surface area contributed by atoms with E-state index in [0.29, 0.717) is 16.2 Å². The SMILES string of the molecule is Cc1ccc(O)c(C(CC[N+](CC(=O)[O-])(C(C)C)C(C)C)C2CCCCC2)c1. The Hall–Kier alpha value is -1.55. The fourth-order valence-corrected chi connectivity index (χ4v) is 5.33. The van der Waals surface area contributed by atoms with Crippen molar-refractivity contribution >= 4 is 5.97 Å². The Morgan fingerprint density at radius 1 is 1.14 bits per heavy atom. The van der Waals surface area contributed by atoms with Gasteiger partial charge in [-0.25, -0.2) is 0 Å². The van der Waals surface area contributed by atoms with Crippen molar-refractivity contribution in [3.8, 4) is 5.75 Å². The Morgan fingerprint density at radius 3 is 2.29 bits per heavy atom. The maximum Gasteiger partial charge on any atom is 0.119 e. The van der Waals surface area contributed by atoms with E-state index in [1.165, 1.54) is 32.1 Å².